The van der Waals surface area contributed by atoms with Gasteiger partial charge in [-0.3, -0.25) is 53.5 Å². The maximum Gasteiger partial charge on any atom is 0.416 e. The molecule has 39 heteroatoms. The van der Waals surface area contributed by atoms with Crippen molar-refractivity contribution in [3.05, 3.63) is 226 Å². The van der Waals surface area contributed by atoms with Crippen LogP contribution in [0.25, 0.3) is 22.5 Å². The summed E-state index contributed by atoms with van der Waals surface area (Å²) in [6.07, 6.45) is -0.176. The number of nitrogens with two attached hydrogens (primary N) is 1. The molecule has 0 saturated carbocycles. The Morgan fingerprint density at radius 1 is 0.425 bits per heavy atom. The van der Waals surface area contributed by atoms with Crippen LogP contribution in [0.4, 0.5) is 63.5 Å². The summed E-state index contributed by atoms with van der Waals surface area (Å²) in [7, 11) is 1.76. The number of nitrogens with one attached hydrogen (secondary N) is 5. The van der Waals surface area contributed by atoms with E-state index in [-0.39, 0.29) is 73.6 Å². The fourth-order valence-electron chi connectivity index (χ4n) is 16.5. The molecule has 0 spiro atoms. The zero-order chi connectivity index (χ0) is 105. The summed E-state index contributed by atoms with van der Waals surface area (Å²) in [5.74, 6) is -2.60. The number of likely N-dealkylation sites (N-methyl/N-ethyl adjacent to an activating group) is 1. The van der Waals surface area contributed by atoms with Crippen molar-refractivity contribution in [2.75, 3.05) is 210 Å². The molecule has 794 valence electrons. The smallest absolute Gasteiger partial charge is 0.416 e. The monoisotopic (exact) mass is 2050 g/mol. The van der Waals surface area contributed by atoms with E-state index in [1.165, 1.54) is 73.1 Å². The van der Waals surface area contributed by atoms with Crippen LogP contribution < -0.4 is 42.1 Å². The van der Waals surface area contributed by atoms with Crippen LogP contribution in [0.1, 0.15) is 193 Å². The Bertz CT molecular complexity index is 5490. The molecule has 0 radical (unpaired) electrons. The number of β-amino-alcohol motifs (C(OH)–C–C–N with tert-alkyl or cyclic N) is 1. The highest BCUT2D eigenvalue weighted by atomic mass is 35.5. The summed E-state index contributed by atoms with van der Waals surface area (Å²) in [4.78, 5) is 143. The maximum absolute atomic E-state index is 13.7. The number of aromatic carboxylic acids is 1. The highest BCUT2D eigenvalue weighted by molar-refractivity contribution is 6.18. The number of aliphatic hydroxyl groups is 1. The number of ether oxygens (including phenoxy) is 3. The molecule has 146 heavy (non-hydrogen) atoms. The van der Waals surface area contributed by atoms with E-state index in [0.717, 1.165) is 212 Å². The van der Waals surface area contributed by atoms with E-state index < -0.39 is 69.9 Å². The molecule has 14 rings (SSSR count). The lowest BCUT2D eigenvalue weighted by Gasteiger charge is -2.35. The van der Waals surface area contributed by atoms with E-state index in [1.54, 1.807) is 69.1 Å². The molecule has 8 aromatic rings. The van der Waals surface area contributed by atoms with Crippen molar-refractivity contribution in [1.29, 1.82) is 0 Å². The number of pyridine rings is 2. The quantitative estimate of drug-likeness (QED) is 0.0150. The first-order valence-electron chi connectivity index (χ1n) is 49.2. The number of alkyl halides is 7. The molecule has 6 fully saturated rings. The maximum atomic E-state index is 13.7. The summed E-state index contributed by atoms with van der Waals surface area (Å²) >= 11 is 5.67. The van der Waals surface area contributed by atoms with Gasteiger partial charge in [-0.05, 0) is 233 Å². The number of rotatable bonds is 25. The Balaban J connectivity index is 0.000000225. The number of hydrogen-bond donors (Lipinski definition) is 8. The average molecular weight is 2050 g/mol. The molecule has 0 unspecified atom stereocenters. The van der Waals surface area contributed by atoms with Crippen molar-refractivity contribution in [2.45, 2.75) is 151 Å². The number of carbonyl (C=O) groups is 9. The number of piperazine rings is 4. The molecule has 6 saturated heterocycles. The van der Waals surface area contributed by atoms with E-state index in [0.29, 0.717) is 94.7 Å². The van der Waals surface area contributed by atoms with E-state index in [2.05, 4.69) is 66.0 Å². The number of anilines is 4. The van der Waals surface area contributed by atoms with Gasteiger partial charge in [-0.25, -0.2) is 19.2 Å². The second-order valence-corrected chi connectivity index (χ2v) is 39.4. The zero-order valence-corrected chi connectivity index (χ0v) is 85.3. The molecule has 0 bridgehead atoms. The van der Waals surface area contributed by atoms with Gasteiger partial charge in [0.2, 0.25) is 0 Å². The normalized spacial score (nSPS) is 15.6. The van der Waals surface area contributed by atoms with Gasteiger partial charge in [0.05, 0.1) is 46.1 Å². The first-order valence-corrected chi connectivity index (χ1v) is 49.8. The van der Waals surface area contributed by atoms with E-state index >= 15 is 0 Å². The van der Waals surface area contributed by atoms with Crippen LogP contribution in [0, 0.1) is 0 Å². The number of aliphatic hydroxyl groups excluding tert-OH is 1. The molecule has 8 heterocycles. The summed E-state index contributed by atoms with van der Waals surface area (Å²) in [5.41, 5.74) is 9.33. The van der Waals surface area contributed by atoms with E-state index in [1.807, 2.05) is 92.6 Å². The molecule has 0 aliphatic carbocycles. The topological polar surface area (TPSA) is 366 Å². The van der Waals surface area contributed by atoms with Crippen LogP contribution >= 0.6 is 11.6 Å². The molecule has 2 aromatic heterocycles. The predicted molar refractivity (Wildman–Crippen MR) is 555 cm³/mol. The van der Waals surface area contributed by atoms with Crippen LogP contribution in [-0.2, 0) is 39.7 Å². The van der Waals surface area contributed by atoms with Crippen LogP contribution in [-0.4, -0.2) is 320 Å². The Hall–Kier alpha value is -12.6. The van der Waals surface area contributed by atoms with E-state index in [4.69, 9.17) is 36.7 Å². The van der Waals surface area contributed by atoms with Crippen LogP contribution in [0.2, 0.25) is 0 Å². The third-order valence-corrected chi connectivity index (χ3v) is 24.5. The van der Waals surface area contributed by atoms with Crippen molar-refractivity contribution in [3.63, 3.8) is 0 Å². The van der Waals surface area contributed by atoms with Gasteiger partial charge in [-0.15, -0.1) is 11.6 Å². The third-order valence-electron chi connectivity index (χ3n) is 24.3. The number of carboxylic acids is 1. The van der Waals surface area contributed by atoms with Gasteiger partial charge >= 0.3 is 36.6 Å². The van der Waals surface area contributed by atoms with Gasteiger partial charge in [0.25, 0.3) is 29.5 Å². The predicted octanol–water partition coefficient (Wildman–Crippen LogP) is 16.0. The lowest BCUT2D eigenvalue weighted by Crippen LogP contribution is -2.50. The van der Waals surface area contributed by atoms with Gasteiger partial charge in [-0.1, -0.05) is 43.8 Å². The first-order chi connectivity index (χ1) is 68.9. The Morgan fingerprint density at radius 2 is 0.788 bits per heavy atom. The minimum absolute atomic E-state index is 0. The lowest BCUT2D eigenvalue weighted by molar-refractivity contribution is -0.138. The molecular formula is C107H143ClF6N18O14. The molecule has 6 aliphatic heterocycles. The van der Waals surface area contributed by atoms with Crippen molar-refractivity contribution >= 4 is 88.1 Å². The Labute approximate surface area is 857 Å². The SMILES string of the molecule is C.CC(C)(C)OC(=O)N1CCN(CCCl)CC1.CC(C)(C)OC(=O)N1CCN(CCN)CC1.CC(C)(C)OC(=O)N1CCN(CCO)CC1.CN(CCN1CCNCC1)C(=O)c1cccc(C(=O)Nc2ccc(N3CCCCC3)cc2-c2cc(C(=O)NCc3cccc(C(F)(F)F)c3)ccn2)c1.O=C(O)c1cccc(C(=O)Nc2ccc(N3CCCCC3)cc2-c2cc(C(=O)NCc3cccc(C(F)(F)F)c3)ccn2)c1. The number of halogens is 7. The summed E-state index contributed by atoms with van der Waals surface area (Å²) < 4.78 is 94.8. The summed E-state index contributed by atoms with van der Waals surface area (Å²) in [6.45, 7) is 38.0. The van der Waals surface area contributed by atoms with Gasteiger partial charge in [0.15, 0.2) is 0 Å². The van der Waals surface area contributed by atoms with E-state index in [9.17, 15) is 74.6 Å². The molecular weight excluding hydrogens is 1910 g/mol. The van der Waals surface area contributed by atoms with Crippen LogP contribution in [0.5, 0.6) is 0 Å². The Kier molecular flexibility index (Phi) is 44.7. The number of amides is 8. The summed E-state index contributed by atoms with van der Waals surface area (Å²) in [6, 6.07) is 39.3. The second kappa shape index (κ2) is 55.8. The van der Waals surface area contributed by atoms with Crippen molar-refractivity contribution in [2.24, 2.45) is 5.73 Å². The summed E-state index contributed by atoms with van der Waals surface area (Å²) in [5, 5.41) is 32.7. The van der Waals surface area contributed by atoms with Crippen molar-refractivity contribution in [1.82, 2.24) is 65.1 Å². The standard InChI is InChI=1S/C40H44F3N7O3.C33H29F3N4O4.C11H21ClN2O2.C11H23N3O2.C11H22N2O3.CH4/c1-48(21-22-49-19-15-44-16-20-49)39(53)31-9-6-8-29(24-31)38(52)47-35-12-11-33(50-17-3-2-4-18-50)26-34(35)36-25-30(13-14-45-36)37(51)46-27-28-7-5-10-32(23-28)40(41,42)43;34-33(35,36)25-9-4-6-21(16-25)20-38-30(41)23-12-13-37-29(18-23)27-19-26(40-14-2-1-3-15-40)10-11-28(27)39-31(42)22-7-5-8-24(17-22)32(43)44;2*1-11(2,3)16-10(15)14-8-6-13(5-4-12)7-9-14;1-11(2,3)16-10(15)13-6-4-12(5-7-13)8-9-14;/h5-14,23-26,44H,2-4,15-22,27H2,1H3,(H,46,51)(H,47,52);4-13,16-19H,1-3,14-15,20H2,(H,38,41)(H,39,42)(H,43,44);4-9H2,1-3H3;4-9,12H2,1-3H3;14H,4-9H2,1-3H3;1H4. The van der Waals surface area contributed by atoms with Gasteiger partial charge in [0.1, 0.15) is 16.8 Å². The molecule has 8 amide bonds. The largest absolute Gasteiger partial charge is 0.478 e. The third kappa shape index (κ3) is 38.0. The number of piperidine rings is 2. The van der Waals surface area contributed by atoms with Gasteiger partial charge in [-0.2, -0.15) is 26.3 Å². The number of carboxylic acid groups (broad SMARTS) is 1. The highest BCUT2D eigenvalue weighted by Gasteiger charge is 2.35. The minimum atomic E-state index is -4.49. The van der Waals surface area contributed by atoms with Crippen molar-refractivity contribution in [3.8, 4) is 22.5 Å². The van der Waals surface area contributed by atoms with Gasteiger partial charge in [0, 0.05) is 259 Å². The van der Waals surface area contributed by atoms with Gasteiger partial charge < -0.3 is 86.1 Å². The van der Waals surface area contributed by atoms with Crippen LogP contribution in [0.3, 0.4) is 0 Å². The molecule has 6 aromatic carbocycles. The number of aromatic nitrogens is 2. The number of nitrogens with zero attached hydrogens (tertiary/aromatic N) is 12. The first kappa shape index (κ1) is 117. The lowest BCUT2D eigenvalue weighted by atomic mass is 10.0. The van der Waals surface area contributed by atoms with Crippen molar-refractivity contribution < 1.29 is 93.9 Å². The highest BCUT2D eigenvalue weighted by Crippen LogP contribution is 2.38. The molecule has 0 atom stereocenters. The fourth-order valence-corrected chi connectivity index (χ4v) is 16.8. The molecule has 32 nitrogen and oxygen atoms in total. The minimum Gasteiger partial charge on any atom is -0.478 e. The Morgan fingerprint density at radius 3 is 1.16 bits per heavy atom. The number of hydrogen-bond acceptors (Lipinski definition) is 23. The number of carbonyl (C=O) groups excluding carboxylic acids is 8. The average Bonchev–Trinajstić information content (AvgIpc) is 0.797. The van der Waals surface area contributed by atoms with Crippen LogP contribution in [0.15, 0.2) is 170 Å². The second-order valence-electron chi connectivity index (χ2n) is 39.0. The molecule has 9 N–H and O–H groups in total. The molecule has 6 aliphatic rings. The fraction of sp³-hybridized carbons (Fsp3) is 0.486. The zero-order valence-electron chi connectivity index (χ0n) is 84.5. The number of benzene rings is 6.